The van der Waals surface area contributed by atoms with E-state index in [0.29, 0.717) is 33.3 Å². The number of hydrogen-bond donors (Lipinski definition) is 1. The molecule has 0 atom stereocenters. The summed E-state index contributed by atoms with van der Waals surface area (Å²) >= 11 is 6.11. The van der Waals surface area contributed by atoms with Crippen LogP contribution in [-0.2, 0) is 20.5 Å². The molecule has 0 aliphatic heterocycles. The molecule has 2 heterocycles. The van der Waals surface area contributed by atoms with Crippen LogP contribution in [0.3, 0.4) is 0 Å². The van der Waals surface area contributed by atoms with Gasteiger partial charge in [-0.1, -0.05) is 65.8 Å². The number of carbonyl (C=O) groups is 1. The first kappa shape index (κ1) is 54.6. The molecule has 63 heavy (non-hydrogen) atoms. The zero-order valence-electron chi connectivity index (χ0n) is 36.8. The van der Waals surface area contributed by atoms with E-state index >= 15 is 0 Å². The number of carbonyl (C=O) groups excluding carboxylic acids is 1. The molecule has 0 amide bonds. The van der Waals surface area contributed by atoms with Gasteiger partial charge in [-0.25, -0.2) is 23.1 Å². The molecule has 0 saturated carbocycles. The third-order valence-corrected chi connectivity index (χ3v) is 10.3. The van der Waals surface area contributed by atoms with Crippen LogP contribution in [0.2, 0.25) is 0 Å². The van der Waals surface area contributed by atoms with Crippen LogP contribution in [0, 0.1) is 17.5 Å². The number of nitrogens with zero attached hydrogens (tertiary/aromatic N) is 2. The van der Waals surface area contributed by atoms with Crippen LogP contribution < -0.4 is 113 Å². The zero-order valence-corrected chi connectivity index (χ0v) is 45.2. The number of aromatic hydroxyl groups is 1. The number of fused-ring (bicyclic) bond motifs is 2. The van der Waals surface area contributed by atoms with Gasteiger partial charge in [0, 0.05) is 11.1 Å². The number of para-hydroxylation sites is 4. The first-order chi connectivity index (χ1) is 28.9. The summed E-state index contributed by atoms with van der Waals surface area (Å²) in [5.74, 6) is 0.960. The molecule has 16 heteroatoms. The molecule has 1 N–H and O–H groups in total. The molecular formula is C47H41Br2F3K2N2O7. The topological polar surface area (TPSA) is 131 Å². The molecule has 6 aromatic carbocycles. The van der Waals surface area contributed by atoms with Crippen molar-refractivity contribution in [1.82, 2.24) is 9.97 Å². The van der Waals surface area contributed by atoms with E-state index in [4.69, 9.17) is 23.6 Å². The summed E-state index contributed by atoms with van der Waals surface area (Å²) in [6.45, 7) is 11.7. The van der Waals surface area contributed by atoms with Gasteiger partial charge in [0.1, 0.15) is 45.7 Å². The molecule has 8 aromatic rings. The fourth-order valence-corrected chi connectivity index (χ4v) is 5.99. The molecule has 0 unspecified atom stereocenters. The van der Waals surface area contributed by atoms with Gasteiger partial charge < -0.3 is 30.2 Å². The van der Waals surface area contributed by atoms with Crippen LogP contribution in [0.15, 0.2) is 139 Å². The number of benzene rings is 6. The summed E-state index contributed by atoms with van der Waals surface area (Å²) in [7, 11) is 0. The maximum atomic E-state index is 14.3. The van der Waals surface area contributed by atoms with Crippen LogP contribution in [0.25, 0.3) is 45.1 Å². The molecular weight excluding hydrogens is 1000 g/mol. The second-order valence-electron chi connectivity index (χ2n) is 15.4. The number of phenols is 1. The van der Waals surface area contributed by atoms with Gasteiger partial charge in [0.2, 0.25) is 11.8 Å². The van der Waals surface area contributed by atoms with Crippen LogP contribution >= 0.6 is 31.9 Å². The average Bonchev–Trinajstić information content (AvgIpc) is 3.87. The molecule has 9 nitrogen and oxygen atoms in total. The normalized spacial score (nSPS) is 10.7. The number of halogens is 5. The maximum absolute atomic E-state index is 14.3. The Hall–Kier alpha value is -2.69. The summed E-state index contributed by atoms with van der Waals surface area (Å²) in [6.07, 6.45) is 0. The minimum atomic E-state index is -0.551. The molecule has 318 valence electrons. The van der Waals surface area contributed by atoms with Crippen LogP contribution in [0.1, 0.15) is 54.1 Å². The Labute approximate surface area is 466 Å². The van der Waals surface area contributed by atoms with Crippen molar-refractivity contribution in [1.29, 1.82) is 0 Å². The predicted molar refractivity (Wildman–Crippen MR) is 234 cm³/mol. The Balaban J connectivity index is 0.000000334. The molecule has 0 aliphatic rings. The standard InChI is InChI=1S/C23H19BrFNO2.C13H9NO2.C10H11BrF2.CH2O3.2K.H/c1-23(2,3)15-12-17(25)21(24)20(13-15)27-16-10-8-14(9-11-16)22-26-18-6-4-5-7-19(18)28-22;15-10-7-5-9(6-8-10)13-14-11-3-1-2-4-12(11)16-13;1-10(2,3)6-4-7(12)9(11)8(13)5-6;2-1-4-3;;;/h4-13H,1-3H3;1-8,15H;4-5H,1-3H3;1,3H;;;/q;;;;2*+1;-1/p-1. The third kappa shape index (κ3) is 15.4. The van der Waals surface area contributed by atoms with Crippen LogP contribution in [0.5, 0.6) is 17.2 Å². The van der Waals surface area contributed by atoms with E-state index in [0.717, 1.165) is 38.9 Å². The van der Waals surface area contributed by atoms with Crippen molar-refractivity contribution >= 4 is 60.5 Å². The van der Waals surface area contributed by atoms with Crippen molar-refractivity contribution < 1.29 is 151 Å². The van der Waals surface area contributed by atoms with Gasteiger partial charge in [-0.05, 0) is 151 Å². The van der Waals surface area contributed by atoms with Crippen LogP contribution in [0.4, 0.5) is 13.2 Å². The summed E-state index contributed by atoms with van der Waals surface area (Å²) in [4.78, 5) is 20.1. The predicted octanol–water partition coefficient (Wildman–Crippen LogP) is 7.27. The van der Waals surface area contributed by atoms with E-state index in [9.17, 15) is 18.3 Å². The largest absolute Gasteiger partial charge is 1.00 e. The van der Waals surface area contributed by atoms with E-state index < -0.39 is 11.6 Å². The van der Waals surface area contributed by atoms with E-state index in [1.165, 1.54) is 18.2 Å². The number of aromatic nitrogens is 2. The number of phenolic OH excluding ortho intramolecular Hbond substituents is 1. The Morgan fingerprint density at radius 3 is 1.41 bits per heavy atom. The fourth-order valence-electron chi connectivity index (χ4n) is 5.45. The van der Waals surface area contributed by atoms with E-state index in [2.05, 4.69) is 46.7 Å². The molecule has 0 radical (unpaired) electrons. The van der Waals surface area contributed by atoms with Crippen LogP contribution in [-0.4, -0.2) is 21.5 Å². The van der Waals surface area contributed by atoms with Crippen molar-refractivity contribution in [3.05, 3.63) is 159 Å². The number of oxazole rings is 2. The molecule has 0 saturated heterocycles. The number of hydrogen-bond acceptors (Lipinski definition) is 9. The van der Waals surface area contributed by atoms with Crippen molar-refractivity contribution in [3.8, 4) is 40.2 Å². The van der Waals surface area contributed by atoms with Gasteiger partial charge in [0.15, 0.2) is 11.2 Å². The summed E-state index contributed by atoms with van der Waals surface area (Å²) in [5.41, 5.74) is 5.98. The third-order valence-electron chi connectivity index (χ3n) is 8.78. The molecule has 0 aliphatic carbocycles. The Morgan fingerprint density at radius 2 is 1.02 bits per heavy atom. The minimum absolute atomic E-state index is 0. The van der Waals surface area contributed by atoms with Gasteiger partial charge >= 0.3 is 103 Å². The second-order valence-corrected chi connectivity index (χ2v) is 16.9. The Morgan fingerprint density at radius 1 is 0.635 bits per heavy atom. The van der Waals surface area contributed by atoms with E-state index in [1.807, 2.05) is 120 Å². The first-order valence-electron chi connectivity index (χ1n) is 18.5. The molecule has 8 rings (SSSR count). The zero-order chi connectivity index (χ0) is 44.5. The van der Waals surface area contributed by atoms with Crippen molar-refractivity contribution in [2.75, 3.05) is 0 Å². The van der Waals surface area contributed by atoms with Crippen molar-refractivity contribution in [2.45, 2.75) is 52.4 Å². The quantitative estimate of drug-likeness (QED) is 0.0623. The van der Waals surface area contributed by atoms with Crippen molar-refractivity contribution in [2.24, 2.45) is 0 Å². The number of rotatable bonds is 5. The van der Waals surface area contributed by atoms with E-state index in [1.54, 1.807) is 24.3 Å². The van der Waals surface area contributed by atoms with Gasteiger partial charge in [0.05, 0.1) is 8.95 Å². The molecule has 0 fully saturated rings. The molecule has 2 aromatic heterocycles. The first-order valence-corrected chi connectivity index (χ1v) is 20.1. The smallest absolute Gasteiger partial charge is 1.00 e. The van der Waals surface area contributed by atoms with Gasteiger partial charge in [-0.2, -0.15) is 0 Å². The van der Waals surface area contributed by atoms with E-state index in [-0.39, 0.29) is 138 Å². The summed E-state index contributed by atoms with van der Waals surface area (Å²) in [6, 6.07) is 35.5. The summed E-state index contributed by atoms with van der Waals surface area (Å²) < 4.78 is 58.0. The molecule has 0 bridgehead atoms. The number of ether oxygens (including phenoxy) is 1. The fraction of sp³-hybridized carbons (Fsp3) is 0.170. The second kappa shape index (κ2) is 24.7. The molecule has 0 spiro atoms. The monoisotopic (exact) mass is 1040 g/mol. The maximum Gasteiger partial charge on any atom is 1.00 e. The van der Waals surface area contributed by atoms with Gasteiger partial charge in [-0.15, -0.1) is 0 Å². The SMILES string of the molecule is CC(C)(C)c1cc(F)c(Br)c(F)c1.CC(C)(C)c1cc(F)c(Br)c(Oc2ccc(-c3nc4ccccc4o3)cc2)c1.O=CO[O-].Oc1ccc(-c2nc3ccccc3o2)cc1.[H-].[K+].[K+]. The van der Waals surface area contributed by atoms with Crippen molar-refractivity contribution in [3.63, 3.8) is 0 Å². The summed E-state index contributed by atoms with van der Waals surface area (Å²) in [5, 5.41) is 17.6. The Kier molecular flexibility index (Phi) is 21.4. The van der Waals surface area contributed by atoms with Gasteiger partial charge in [0.25, 0.3) is 6.47 Å². The van der Waals surface area contributed by atoms with Gasteiger partial charge in [-0.3, -0.25) is 4.79 Å². The minimum Gasteiger partial charge on any atom is -1.00 e. The average molecular weight is 1040 g/mol. The Bertz CT molecular complexity index is 2660.